The van der Waals surface area contributed by atoms with Gasteiger partial charge in [-0.15, -0.1) is 0 Å². The predicted molar refractivity (Wildman–Crippen MR) is 137 cm³/mol. The molecule has 0 fully saturated rings. The van der Waals surface area contributed by atoms with Gasteiger partial charge in [0.05, 0.1) is 22.8 Å². The van der Waals surface area contributed by atoms with E-state index in [9.17, 15) is 13.0 Å². The number of aromatic nitrogens is 2. The number of hydrogen-bond donors (Lipinski definition) is 1. The lowest BCUT2D eigenvalue weighted by Crippen LogP contribution is -2.38. The van der Waals surface area contributed by atoms with Crippen molar-refractivity contribution in [1.82, 2.24) is 9.97 Å². The number of anilines is 2. The first-order chi connectivity index (χ1) is 16.8. The van der Waals surface area contributed by atoms with E-state index in [2.05, 4.69) is 9.97 Å². The summed E-state index contributed by atoms with van der Waals surface area (Å²) in [7, 11) is -4.41. The van der Waals surface area contributed by atoms with Crippen LogP contribution in [0.4, 0.5) is 11.4 Å². The molecule has 0 saturated carbocycles. The topological polar surface area (TPSA) is 92.6 Å². The molecular formula is C27H25N3O4S. The molecule has 1 atom stereocenters. The molecule has 1 aliphatic heterocycles. The summed E-state index contributed by atoms with van der Waals surface area (Å²) in [6.07, 6.45) is 3.63. The second kappa shape index (κ2) is 8.79. The number of hydrogen-bond acceptors (Lipinski definition) is 6. The van der Waals surface area contributed by atoms with Gasteiger partial charge < -0.3 is 9.64 Å². The van der Waals surface area contributed by atoms with Crippen LogP contribution in [-0.2, 0) is 10.1 Å². The maximum atomic E-state index is 12.5. The minimum atomic E-state index is -4.41. The van der Waals surface area contributed by atoms with Gasteiger partial charge in [0.1, 0.15) is 0 Å². The molecule has 1 aliphatic rings. The summed E-state index contributed by atoms with van der Waals surface area (Å²) in [5, 5.41) is -1.19. The van der Waals surface area contributed by atoms with Gasteiger partial charge in [0, 0.05) is 23.5 Å². The first-order valence-corrected chi connectivity index (χ1v) is 12.8. The molecule has 2 aromatic heterocycles. The highest BCUT2D eigenvalue weighted by Crippen LogP contribution is 2.50. The van der Waals surface area contributed by atoms with Gasteiger partial charge >= 0.3 is 0 Å². The summed E-state index contributed by atoms with van der Waals surface area (Å²) in [6, 6.07) is 18.8. The molecule has 4 aromatic rings. The van der Waals surface area contributed by atoms with Crippen molar-refractivity contribution in [3.63, 3.8) is 0 Å². The van der Waals surface area contributed by atoms with Crippen molar-refractivity contribution in [3.8, 4) is 34.0 Å². The minimum Gasteiger partial charge on any atom is -0.453 e. The maximum absolute atomic E-state index is 12.5. The standard InChI is InChI=1S/C27H25N3O4S/c1-4-25(35(31,32)33)30-21-11-9-20(27-18(3)8-6-14-29-27)16-24(21)34-23-12-10-19(15-22(23)30)26-17(2)7-5-13-28-26/h5-16,25H,4H2,1-3H3,(H,31,32,33). The molecule has 8 heteroatoms. The van der Waals surface area contributed by atoms with Gasteiger partial charge in [-0.1, -0.05) is 25.1 Å². The lowest BCUT2D eigenvalue weighted by atomic mass is 10.0. The Balaban J connectivity index is 1.70. The van der Waals surface area contributed by atoms with E-state index in [-0.39, 0.29) is 6.42 Å². The van der Waals surface area contributed by atoms with Crippen LogP contribution < -0.4 is 9.64 Å². The van der Waals surface area contributed by atoms with E-state index < -0.39 is 15.5 Å². The molecule has 35 heavy (non-hydrogen) atoms. The lowest BCUT2D eigenvalue weighted by Gasteiger charge is -2.37. The maximum Gasteiger partial charge on any atom is 0.286 e. The lowest BCUT2D eigenvalue weighted by molar-refractivity contribution is 0.452. The van der Waals surface area contributed by atoms with Crippen molar-refractivity contribution in [3.05, 3.63) is 84.2 Å². The zero-order valence-corrected chi connectivity index (χ0v) is 20.5. The van der Waals surface area contributed by atoms with Gasteiger partial charge in [-0.3, -0.25) is 14.5 Å². The van der Waals surface area contributed by atoms with Gasteiger partial charge in [-0.05, 0) is 73.9 Å². The Hall–Kier alpha value is -3.75. The highest BCUT2D eigenvalue weighted by molar-refractivity contribution is 7.86. The van der Waals surface area contributed by atoms with Gasteiger partial charge in [0.2, 0.25) is 0 Å². The average Bonchev–Trinajstić information content (AvgIpc) is 2.83. The molecule has 0 bridgehead atoms. The SMILES string of the molecule is CCC(N1c2ccc(-c3ncccc3C)cc2Oc2ccc(-c3ncccc3C)cc21)S(=O)(=O)O. The first kappa shape index (κ1) is 23.0. The molecule has 1 N–H and O–H groups in total. The van der Waals surface area contributed by atoms with E-state index in [1.807, 2.05) is 74.5 Å². The summed E-state index contributed by atoms with van der Waals surface area (Å²) in [5.74, 6) is 0.982. The second-order valence-corrected chi connectivity index (χ2v) is 10.1. The fraction of sp³-hybridized carbons (Fsp3) is 0.185. The Morgan fingerprint density at radius 1 is 0.857 bits per heavy atom. The van der Waals surface area contributed by atoms with Crippen molar-refractivity contribution in [1.29, 1.82) is 0 Å². The second-order valence-electron chi connectivity index (χ2n) is 8.55. The van der Waals surface area contributed by atoms with Crippen LogP contribution >= 0.6 is 0 Å². The summed E-state index contributed by atoms with van der Waals surface area (Å²) in [4.78, 5) is 10.6. The number of pyridine rings is 2. The van der Waals surface area contributed by atoms with Crippen molar-refractivity contribution in [2.45, 2.75) is 32.6 Å². The van der Waals surface area contributed by atoms with Gasteiger partial charge in [-0.25, -0.2) is 0 Å². The molecule has 0 saturated heterocycles. The van der Waals surface area contributed by atoms with Crippen LogP contribution in [0, 0.1) is 13.8 Å². The van der Waals surface area contributed by atoms with Crippen LogP contribution in [0.5, 0.6) is 11.5 Å². The molecule has 178 valence electrons. The Morgan fingerprint density at radius 3 is 2.03 bits per heavy atom. The van der Waals surface area contributed by atoms with E-state index in [1.165, 1.54) is 0 Å². The minimum absolute atomic E-state index is 0.172. The number of fused-ring (bicyclic) bond motifs is 2. The fourth-order valence-corrected chi connectivity index (χ4v) is 5.46. The van der Waals surface area contributed by atoms with Gasteiger partial charge in [0.25, 0.3) is 10.1 Å². The third-order valence-corrected chi connectivity index (χ3v) is 7.44. The van der Waals surface area contributed by atoms with Crippen LogP contribution in [0.15, 0.2) is 73.1 Å². The van der Waals surface area contributed by atoms with Gasteiger partial charge in [0.15, 0.2) is 16.9 Å². The number of nitrogens with zero attached hydrogens (tertiary/aromatic N) is 3. The highest BCUT2D eigenvalue weighted by atomic mass is 32.2. The van der Waals surface area contributed by atoms with Crippen molar-refractivity contribution in [2.75, 3.05) is 4.90 Å². The van der Waals surface area contributed by atoms with Crippen molar-refractivity contribution in [2.24, 2.45) is 0 Å². The zero-order chi connectivity index (χ0) is 24.7. The quantitative estimate of drug-likeness (QED) is 0.330. The van der Waals surface area contributed by atoms with Crippen LogP contribution in [0.3, 0.4) is 0 Å². The van der Waals surface area contributed by atoms with Crippen LogP contribution in [0.25, 0.3) is 22.5 Å². The Bertz CT molecular complexity index is 1540. The Kier molecular flexibility index (Phi) is 5.78. The monoisotopic (exact) mass is 487 g/mol. The van der Waals surface area contributed by atoms with Crippen LogP contribution in [0.1, 0.15) is 24.5 Å². The molecule has 0 aliphatic carbocycles. The molecule has 2 aromatic carbocycles. The molecule has 0 amide bonds. The van der Waals surface area contributed by atoms with Crippen LogP contribution in [-0.4, -0.2) is 28.3 Å². The third-order valence-electron chi connectivity index (χ3n) is 6.20. The van der Waals surface area contributed by atoms with Crippen LogP contribution in [0.2, 0.25) is 0 Å². The molecule has 0 spiro atoms. The molecule has 0 radical (unpaired) electrons. The first-order valence-electron chi connectivity index (χ1n) is 11.3. The Morgan fingerprint density at radius 2 is 1.46 bits per heavy atom. The number of aryl methyl sites for hydroxylation is 2. The number of benzene rings is 2. The molecule has 1 unspecified atom stereocenters. The summed E-state index contributed by atoms with van der Waals surface area (Å²) < 4.78 is 41.4. The predicted octanol–water partition coefficient (Wildman–Crippen LogP) is 6.30. The normalized spacial score (nSPS) is 13.5. The fourth-order valence-electron chi connectivity index (χ4n) is 4.54. The van der Waals surface area contributed by atoms with Gasteiger partial charge in [-0.2, -0.15) is 8.42 Å². The third kappa shape index (κ3) is 4.15. The molecule has 7 nitrogen and oxygen atoms in total. The summed E-state index contributed by atoms with van der Waals surface area (Å²) in [6.45, 7) is 5.68. The summed E-state index contributed by atoms with van der Waals surface area (Å²) in [5.41, 5.74) is 6.39. The largest absolute Gasteiger partial charge is 0.453 e. The highest BCUT2D eigenvalue weighted by Gasteiger charge is 2.36. The van der Waals surface area contributed by atoms with E-state index >= 15 is 0 Å². The molecule has 5 rings (SSSR count). The summed E-state index contributed by atoms with van der Waals surface area (Å²) >= 11 is 0. The van der Waals surface area contributed by atoms with E-state index in [0.29, 0.717) is 22.9 Å². The number of rotatable bonds is 5. The van der Waals surface area contributed by atoms with E-state index in [1.54, 1.807) is 24.2 Å². The smallest absolute Gasteiger partial charge is 0.286 e. The van der Waals surface area contributed by atoms with E-state index in [4.69, 9.17) is 4.74 Å². The average molecular weight is 488 g/mol. The van der Waals surface area contributed by atoms with Crippen molar-refractivity contribution >= 4 is 21.5 Å². The van der Waals surface area contributed by atoms with E-state index in [0.717, 1.165) is 33.6 Å². The molecular weight excluding hydrogens is 462 g/mol. The Labute approximate surface area is 204 Å². The zero-order valence-electron chi connectivity index (χ0n) is 19.6. The van der Waals surface area contributed by atoms with Crippen molar-refractivity contribution < 1.29 is 17.7 Å². The molecule has 3 heterocycles. The number of ether oxygens (including phenoxy) is 1.